The van der Waals surface area contributed by atoms with E-state index in [1.54, 1.807) is 0 Å². The van der Waals surface area contributed by atoms with E-state index in [1.807, 2.05) is 32.9 Å². The molecule has 2 N–H and O–H groups in total. The van der Waals surface area contributed by atoms with Gasteiger partial charge in [-0.1, -0.05) is 36.4 Å². The Hall–Kier alpha value is -1.54. The van der Waals surface area contributed by atoms with Gasteiger partial charge in [0.15, 0.2) is 0 Å². The van der Waals surface area contributed by atoms with E-state index in [1.165, 1.54) is 5.39 Å². The van der Waals surface area contributed by atoms with Gasteiger partial charge in [0.25, 0.3) is 0 Å². The largest absolute Gasteiger partial charge is 0.490 e. The molecule has 0 heterocycles. The fraction of sp³-hybridized carbons (Fsp3) is 0.333. The van der Waals surface area contributed by atoms with Gasteiger partial charge in [-0.2, -0.15) is 0 Å². The van der Waals surface area contributed by atoms with Crippen molar-refractivity contribution in [1.29, 1.82) is 0 Å². The van der Waals surface area contributed by atoms with Crippen LogP contribution in [-0.4, -0.2) is 6.10 Å². The predicted octanol–water partition coefficient (Wildman–Crippen LogP) is 3.65. The molecule has 0 radical (unpaired) electrons. The molecule has 0 bridgehead atoms. The molecule has 2 aromatic carbocycles. The first-order valence-electron chi connectivity index (χ1n) is 6.03. The maximum absolute atomic E-state index is 6.00. The minimum Gasteiger partial charge on any atom is -0.490 e. The van der Waals surface area contributed by atoms with Gasteiger partial charge < -0.3 is 10.5 Å². The molecular weight excluding hydrogens is 210 g/mol. The van der Waals surface area contributed by atoms with Gasteiger partial charge >= 0.3 is 0 Å². The van der Waals surface area contributed by atoms with Crippen molar-refractivity contribution in [2.75, 3.05) is 0 Å². The Morgan fingerprint density at radius 1 is 1.00 bits per heavy atom. The molecule has 0 aromatic heterocycles. The summed E-state index contributed by atoms with van der Waals surface area (Å²) in [4.78, 5) is 0. The molecule has 90 valence electrons. The fourth-order valence-corrected chi connectivity index (χ4v) is 1.99. The van der Waals surface area contributed by atoms with E-state index in [0.717, 1.165) is 16.7 Å². The van der Waals surface area contributed by atoms with E-state index >= 15 is 0 Å². The van der Waals surface area contributed by atoms with E-state index in [2.05, 4.69) is 24.3 Å². The van der Waals surface area contributed by atoms with Crippen molar-refractivity contribution in [2.24, 2.45) is 5.73 Å². The molecule has 0 amide bonds. The molecule has 2 aromatic rings. The van der Waals surface area contributed by atoms with E-state index in [4.69, 9.17) is 10.5 Å². The standard InChI is InChI=1S/C15H19NO/c1-10(2)17-15-13(11(3)16)9-8-12-6-4-5-7-14(12)15/h4-11H,16H2,1-3H3/t11-/m1/s1. The van der Waals surface area contributed by atoms with E-state index in [-0.39, 0.29) is 12.1 Å². The second-order valence-electron chi connectivity index (χ2n) is 4.66. The summed E-state index contributed by atoms with van der Waals surface area (Å²) < 4.78 is 5.94. The Kier molecular flexibility index (Phi) is 3.34. The Morgan fingerprint density at radius 2 is 1.71 bits per heavy atom. The van der Waals surface area contributed by atoms with Crippen molar-refractivity contribution in [3.63, 3.8) is 0 Å². The van der Waals surface area contributed by atoms with Crippen molar-refractivity contribution in [3.8, 4) is 5.75 Å². The van der Waals surface area contributed by atoms with Crippen LogP contribution in [0.25, 0.3) is 10.8 Å². The van der Waals surface area contributed by atoms with Gasteiger partial charge in [0.1, 0.15) is 5.75 Å². The maximum atomic E-state index is 6.00. The summed E-state index contributed by atoms with van der Waals surface area (Å²) in [5, 5.41) is 2.32. The highest BCUT2D eigenvalue weighted by atomic mass is 16.5. The first kappa shape index (κ1) is 11.9. The van der Waals surface area contributed by atoms with Gasteiger partial charge in [0.05, 0.1) is 6.10 Å². The Bertz CT molecular complexity index is 517. The SMILES string of the molecule is CC(C)Oc1c([C@@H](C)N)ccc2ccccc12. The predicted molar refractivity (Wildman–Crippen MR) is 72.3 cm³/mol. The molecule has 2 rings (SSSR count). The van der Waals surface area contributed by atoms with Gasteiger partial charge in [-0.3, -0.25) is 0 Å². The molecule has 2 nitrogen and oxygen atoms in total. The van der Waals surface area contributed by atoms with Crippen molar-refractivity contribution < 1.29 is 4.74 Å². The summed E-state index contributed by atoms with van der Waals surface area (Å²) in [5.74, 6) is 0.924. The van der Waals surface area contributed by atoms with Crippen LogP contribution in [0.4, 0.5) is 0 Å². The maximum Gasteiger partial charge on any atom is 0.132 e. The third kappa shape index (κ3) is 2.42. The third-order valence-electron chi connectivity index (χ3n) is 2.75. The lowest BCUT2D eigenvalue weighted by Gasteiger charge is -2.18. The summed E-state index contributed by atoms with van der Waals surface area (Å²) in [7, 11) is 0. The fourth-order valence-electron chi connectivity index (χ4n) is 1.99. The lowest BCUT2D eigenvalue weighted by Crippen LogP contribution is -2.12. The Morgan fingerprint density at radius 3 is 2.35 bits per heavy atom. The zero-order valence-corrected chi connectivity index (χ0v) is 10.6. The Labute approximate surface area is 102 Å². The molecule has 0 spiro atoms. The van der Waals surface area contributed by atoms with E-state index in [9.17, 15) is 0 Å². The minimum atomic E-state index is -0.0200. The second kappa shape index (κ2) is 4.76. The number of hydrogen-bond acceptors (Lipinski definition) is 2. The van der Waals surface area contributed by atoms with Crippen LogP contribution >= 0.6 is 0 Å². The van der Waals surface area contributed by atoms with Gasteiger partial charge in [-0.05, 0) is 26.2 Å². The van der Waals surface area contributed by atoms with E-state index in [0.29, 0.717) is 0 Å². The van der Waals surface area contributed by atoms with Crippen LogP contribution in [0, 0.1) is 0 Å². The summed E-state index contributed by atoms with van der Waals surface area (Å²) in [6.45, 7) is 6.05. The minimum absolute atomic E-state index is 0.0200. The lowest BCUT2D eigenvalue weighted by molar-refractivity contribution is 0.242. The van der Waals surface area contributed by atoms with Crippen molar-refractivity contribution in [3.05, 3.63) is 42.0 Å². The molecule has 0 aliphatic carbocycles. The highest BCUT2D eigenvalue weighted by Gasteiger charge is 2.13. The lowest BCUT2D eigenvalue weighted by atomic mass is 10.0. The van der Waals surface area contributed by atoms with Crippen molar-refractivity contribution in [1.82, 2.24) is 0 Å². The first-order chi connectivity index (χ1) is 8.09. The average molecular weight is 229 g/mol. The number of hydrogen-bond donors (Lipinski definition) is 1. The molecule has 17 heavy (non-hydrogen) atoms. The number of fused-ring (bicyclic) bond motifs is 1. The smallest absolute Gasteiger partial charge is 0.132 e. The zero-order chi connectivity index (χ0) is 12.4. The molecule has 2 heteroatoms. The number of nitrogens with two attached hydrogens (primary N) is 1. The third-order valence-corrected chi connectivity index (χ3v) is 2.75. The topological polar surface area (TPSA) is 35.2 Å². The van der Waals surface area contributed by atoms with Crippen LogP contribution in [0.3, 0.4) is 0 Å². The van der Waals surface area contributed by atoms with Crippen molar-refractivity contribution in [2.45, 2.75) is 32.9 Å². The number of rotatable bonds is 3. The van der Waals surface area contributed by atoms with Crippen molar-refractivity contribution >= 4 is 10.8 Å². The summed E-state index contributed by atoms with van der Waals surface area (Å²) in [6, 6.07) is 12.4. The number of benzene rings is 2. The summed E-state index contributed by atoms with van der Waals surface area (Å²) in [5.41, 5.74) is 7.07. The molecule has 0 fully saturated rings. The van der Waals surface area contributed by atoms with Gasteiger partial charge in [-0.25, -0.2) is 0 Å². The van der Waals surface area contributed by atoms with Crippen LogP contribution in [0.15, 0.2) is 36.4 Å². The molecular formula is C15H19NO. The van der Waals surface area contributed by atoms with Crippen LogP contribution in [0.2, 0.25) is 0 Å². The molecule has 1 atom stereocenters. The van der Waals surface area contributed by atoms with E-state index < -0.39 is 0 Å². The molecule has 0 aliphatic rings. The van der Waals surface area contributed by atoms with Gasteiger partial charge in [-0.15, -0.1) is 0 Å². The Balaban J connectivity index is 2.66. The molecule has 0 saturated carbocycles. The monoisotopic (exact) mass is 229 g/mol. The number of ether oxygens (including phenoxy) is 1. The summed E-state index contributed by atoms with van der Waals surface area (Å²) in [6.07, 6.45) is 0.151. The average Bonchev–Trinajstić information content (AvgIpc) is 2.28. The summed E-state index contributed by atoms with van der Waals surface area (Å²) >= 11 is 0. The molecule has 0 unspecified atom stereocenters. The van der Waals surface area contributed by atoms with Gasteiger partial charge in [0, 0.05) is 17.0 Å². The quantitative estimate of drug-likeness (QED) is 0.872. The molecule has 0 saturated heterocycles. The van der Waals surface area contributed by atoms with Crippen LogP contribution < -0.4 is 10.5 Å². The second-order valence-corrected chi connectivity index (χ2v) is 4.66. The first-order valence-corrected chi connectivity index (χ1v) is 6.03. The zero-order valence-electron chi connectivity index (χ0n) is 10.6. The highest BCUT2D eigenvalue weighted by molar-refractivity contribution is 5.89. The van der Waals surface area contributed by atoms with Gasteiger partial charge in [0.2, 0.25) is 0 Å². The van der Waals surface area contributed by atoms with Crippen LogP contribution in [0.5, 0.6) is 5.75 Å². The molecule has 0 aliphatic heterocycles. The highest BCUT2D eigenvalue weighted by Crippen LogP contribution is 2.33. The van der Waals surface area contributed by atoms with Crippen LogP contribution in [0.1, 0.15) is 32.4 Å². The van der Waals surface area contributed by atoms with Crippen LogP contribution in [-0.2, 0) is 0 Å². The normalized spacial score (nSPS) is 13.0.